The number of carbonyl (C=O) groups excluding carboxylic acids is 1. The molecule has 0 fully saturated rings. The van der Waals surface area contributed by atoms with E-state index in [-0.39, 0.29) is 11.5 Å². The minimum absolute atomic E-state index is 0.0251. The van der Waals surface area contributed by atoms with Crippen molar-refractivity contribution in [1.82, 2.24) is 10.2 Å². The summed E-state index contributed by atoms with van der Waals surface area (Å²) in [6.45, 7) is 4.79. The van der Waals surface area contributed by atoms with Gasteiger partial charge in [-0.05, 0) is 48.0 Å². The molecule has 0 aliphatic heterocycles. The fourth-order valence-corrected chi connectivity index (χ4v) is 3.51. The SMILES string of the molecule is CC(C)c1nnc(NC(=O)/C(C#N)=C\c2ccc(OCCOc3ccc(Br)cc3)cc2)s1. The molecule has 0 aliphatic rings. The van der Waals surface area contributed by atoms with E-state index in [9.17, 15) is 10.1 Å². The van der Waals surface area contributed by atoms with Gasteiger partial charge in [0.2, 0.25) is 5.13 Å². The Morgan fingerprint density at radius 2 is 1.69 bits per heavy atom. The fourth-order valence-electron chi connectivity index (χ4n) is 2.51. The Balaban J connectivity index is 1.52. The first-order chi connectivity index (χ1) is 15.4. The Hall–Kier alpha value is -3.22. The van der Waals surface area contributed by atoms with Gasteiger partial charge in [-0.3, -0.25) is 10.1 Å². The van der Waals surface area contributed by atoms with Crippen LogP contribution in [-0.2, 0) is 4.79 Å². The number of anilines is 1. The lowest BCUT2D eigenvalue weighted by Crippen LogP contribution is -2.13. The van der Waals surface area contributed by atoms with E-state index in [2.05, 4.69) is 31.4 Å². The van der Waals surface area contributed by atoms with Gasteiger partial charge in [0.1, 0.15) is 41.4 Å². The number of nitrogens with one attached hydrogen (secondary N) is 1. The molecule has 0 saturated heterocycles. The van der Waals surface area contributed by atoms with Crippen LogP contribution in [-0.4, -0.2) is 29.3 Å². The van der Waals surface area contributed by atoms with E-state index in [4.69, 9.17) is 9.47 Å². The number of amides is 1. The lowest BCUT2D eigenvalue weighted by atomic mass is 10.1. The van der Waals surface area contributed by atoms with Crippen LogP contribution < -0.4 is 14.8 Å². The van der Waals surface area contributed by atoms with Gasteiger partial charge in [-0.1, -0.05) is 53.2 Å². The minimum atomic E-state index is -0.524. The highest BCUT2D eigenvalue weighted by molar-refractivity contribution is 9.10. The maximum Gasteiger partial charge on any atom is 0.268 e. The van der Waals surface area contributed by atoms with Crippen molar-refractivity contribution in [1.29, 1.82) is 5.26 Å². The van der Waals surface area contributed by atoms with E-state index in [1.807, 2.05) is 44.2 Å². The summed E-state index contributed by atoms with van der Waals surface area (Å²) in [6.07, 6.45) is 1.51. The van der Waals surface area contributed by atoms with Gasteiger partial charge in [0.05, 0.1) is 0 Å². The lowest BCUT2D eigenvalue weighted by Gasteiger charge is -2.08. The summed E-state index contributed by atoms with van der Waals surface area (Å²) in [4.78, 5) is 12.4. The largest absolute Gasteiger partial charge is 0.490 e. The Morgan fingerprint density at radius 3 is 2.22 bits per heavy atom. The van der Waals surface area contributed by atoms with E-state index < -0.39 is 5.91 Å². The molecule has 0 saturated carbocycles. The van der Waals surface area contributed by atoms with E-state index in [0.29, 0.717) is 29.7 Å². The molecule has 9 heteroatoms. The van der Waals surface area contributed by atoms with Crippen LogP contribution >= 0.6 is 27.3 Å². The van der Waals surface area contributed by atoms with Crippen molar-refractivity contribution in [2.75, 3.05) is 18.5 Å². The van der Waals surface area contributed by atoms with Crippen LogP contribution in [0.4, 0.5) is 5.13 Å². The maximum atomic E-state index is 12.4. The third-order valence-electron chi connectivity index (χ3n) is 4.15. The highest BCUT2D eigenvalue weighted by atomic mass is 79.9. The van der Waals surface area contributed by atoms with E-state index >= 15 is 0 Å². The summed E-state index contributed by atoms with van der Waals surface area (Å²) >= 11 is 4.68. The van der Waals surface area contributed by atoms with Gasteiger partial charge in [0.15, 0.2) is 0 Å². The summed E-state index contributed by atoms with van der Waals surface area (Å²) in [6, 6.07) is 16.6. The predicted octanol–water partition coefficient (Wildman–Crippen LogP) is 5.43. The number of aromatic nitrogens is 2. The highest BCUT2D eigenvalue weighted by Crippen LogP contribution is 2.23. The Morgan fingerprint density at radius 1 is 1.09 bits per heavy atom. The molecule has 0 bridgehead atoms. The number of rotatable bonds is 9. The Labute approximate surface area is 198 Å². The van der Waals surface area contributed by atoms with Gasteiger partial charge in [0.25, 0.3) is 5.91 Å². The van der Waals surface area contributed by atoms with Gasteiger partial charge < -0.3 is 9.47 Å². The number of halogens is 1. The van der Waals surface area contributed by atoms with Crippen LogP contribution in [0, 0.1) is 11.3 Å². The number of carbonyl (C=O) groups is 1. The third kappa shape index (κ3) is 6.90. The third-order valence-corrected chi connectivity index (χ3v) is 5.81. The molecule has 2 aromatic carbocycles. The summed E-state index contributed by atoms with van der Waals surface area (Å²) in [5.41, 5.74) is 0.679. The molecule has 3 aromatic rings. The zero-order valence-electron chi connectivity index (χ0n) is 17.5. The molecule has 1 aromatic heterocycles. The zero-order valence-corrected chi connectivity index (χ0v) is 19.9. The first-order valence-electron chi connectivity index (χ1n) is 9.82. The van der Waals surface area contributed by atoms with Gasteiger partial charge in [0, 0.05) is 10.4 Å². The number of ether oxygens (including phenoxy) is 2. The number of nitriles is 1. The molecule has 1 N–H and O–H groups in total. The second-order valence-electron chi connectivity index (χ2n) is 6.94. The van der Waals surface area contributed by atoms with Crippen LogP contribution in [0.1, 0.15) is 30.3 Å². The van der Waals surface area contributed by atoms with Crippen molar-refractivity contribution in [3.63, 3.8) is 0 Å². The van der Waals surface area contributed by atoms with Gasteiger partial charge >= 0.3 is 0 Å². The standard InChI is InChI=1S/C23H21BrN4O3S/c1-15(2)22-27-28-23(32-22)26-21(29)17(14-25)13-16-3-7-19(8-4-16)30-11-12-31-20-9-5-18(24)6-10-20/h3-10,13,15H,11-12H2,1-2H3,(H,26,28,29)/b17-13-. The summed E-state index contributed by atoms with van der Waals surface area (Å²) in [5.74, 6) is 1.13. The van der Waals surface area contributed by atoms with Crippen molar-refractivity contribution < 1.29 is 14.3 Å². The van der Waals surface area contributed by atoms with Crippen molar-refractivity contribution >= 4 is 44.4 Å². The topological polar surface area (TPSA) is 97.1 Å². The molecule has 0 spiro atoms. The van der Waals surface area contributed by atoms with E-state index in [1.165, 1.54) is 17.4 Å². The molecule has 0 aliphatic carbocycles. The van der Waals surface area contributed by atoms with E-state index in [0.717, 1.165) is 15.2 Å². The fraction of sp³-hybridized carbons (Fsp3) is 0.217. The molecule has 164 valence electrons. The van der Waals surface area contributed by atoms with Crippen molar-refractivity contribution in [2.45, 2.75) is 19.8 Å². The first-order valence-corrected chi connectivity index (χ1v) is 11.4. The summed E-state index contributed by atoms with van der Waals surface area (Å²) in [7, 11) is 0. The van der Waals surface area contributed by atoms with Crippen molar-refractivity contribution in [3.8, 4) is 17.6 Å². The van der Waals surface area contributed by atoms with Gasteiger partial charge in [-0.15, -0.1) is 10.2 Å². The molecule has 0 atom stereocenters. The number of nitrogens with zero attached hydrogens (tertiary/aromatic N) is 3. The number of hydrogen-bond acceptors (Lipinski definition) is 7. The normalized spacial score (nSPS) is 11.2. The molecule has 7 nitrogen and oxygen atoms in total. The molecule has 0 radical (unpaired) electrons. The summed E-state index contributed by atoms with van der Waals surface area (Å²) in [5, 5.41) is 21.2. The zero-order chi connectivity index (χ0) is 22.9. The average molecular weight is 513 g/mol. The monoisotopic (exact) mass is 512 g/mol. The van der Waals surface area contributed by atoms with E-state index in [1.54, 1.807) is 24.3 Å². The van der Waals surface area contributed by atoms with Crippen LogP contribution in [0.25, 0.3) is 6.08 Å². The molecule has 32 heavy (non-hydrogen) atoms. The second kappa shape index (κ2) is 11.4. The highest BCUT2D eigenvalue weighted by Gasteiger charge is 2.14. The van der Waals surface area contributed by atoms with Gasteiger partial charge in [-0.25, -0.2) is 0 Å². The smallest absolute Gasteiger partial charge is 0.268 e. The van der Waals surface area contributed by atoms with Gasteiger partial charge in [-0.2, -0.15) is 5.26 Å². The number of benzene rings is 2. The number of hydrogen-bond donors (Lipinski definition) is 1. The Kier molecular flexibility index (Phi) is 8.36. The lowest BCUT2D eigenvalue weighted by molar-refractivity contribution is -0.112. The van der Waals surface area contributed by atoms with Crippen LogP contribution in [0.5, 0.6) is 11.5 Å². The van der Waals surface area contributed by atoms with Crippen LogP contribution in [0.2, 0.25) is 0 Å². The minimum Gasteiger partial charge on any atom is -0.490 e. The molecule has 0 unspecified atom stereocenters. The molecular weight excluding hydrogens is 492 g/mol. The quantitative estimate of drug-likeness (QED) is 0.233. The second-order valence-corrected chi connectivity index (χ2v) is 8.87. The molecular formula is C23H21BrN4O3S. The first kappa shape index (κ1) is 23.4. The van der Waals surface area contributed by atoms with Crippen LogP contribution in [0.15, 0.2) is 58.6 Å². The predicted molar refractivity (Wildman–Crippen MR) is 128 cm³/mol. The molecule has 3 rings (SSSR count). The van der Waals surface area contributed by atoms with Crippen LogP contribution in [0.3, 0.4) is 0 Å². The Bertz CT molecular complexity index is 1120. The molecule has 1 heterocycles. The maximum absolute atomic E-state index is 12.4. The molecule has 1 amide bonds. The summed E-state index contributed by atoms with van der Waals surface area (Å²) < 4.78 is 12.3. The van der Waals surface area contributed by atoms with Crippen molar-refractivity contribution in [3.05, 3.63) is 69.1 Å². The average Bonchev–Trinajstić information content (AvgIpc) is 3.26. The van der Waals surface area contributed by atoms with Crippen molar-refractivity contribution in [2.24, 2.45) is 0 Å².